The zero-order chi connectivity index (χ0) is 16.1. The number of hydrogen-bond donors (Lipinski definition) is 2. The number of nitrogen functional groups attached to an aromatic ring is 1. The highest BCUT2D eigenvalue weighted by Gasteiger charge is 2.13. The van der Waals surface area contributed by atoms with Gasteiger partial charge < -0.3 is 20.5 Å². The number of rotatable bonds is 5. The Morgan fingerprint density at radius 3 is 2.36 bits per heavy atom. The maximum absolute atomic E-state index is 12.1. The quantitative estimate of drug-likeness (QED) is 0.830. The molecule has 1 amide bonds. The van der Waals surface area contributed by atoms with E-state index in [4.69, 9.17) is 26.8 Å². The smallest absolute Gasteiger partial charge is 0.228 e. The van der Waals surface area contributed by atoms with E-state index in [1.165, 1.54) is 14.2 Å². The normalized spacial score (nSPS) is 10.1. The summed E-state index contributed by atoms with van der Waals surface area (Å²) in [4.78, 5) is 12.1. The van der Waals surface area contributed by atoms with E-state index < -0.39 is 0 Å². The van der Waals surface area contributed by atoms with Crippen molar-refractivity contribution in [1.82, 2.24) is 0 Å². The average molecular weight is 321 g/mol. The summed E-state index contributed by atoms with van der Waals surface area (Å²) in [5.74, 6) is 0.758. The number of nitrogens with two attached hydrogens (primary N) is 1. The standard InChI is InChI=1S/C16H17ClN2O3/c1-21-14-9-13(15(22-2)8-12(14)17)19-16(20)7-10-3-5-11(18)6-4-10/h3-6,8-9H,7,18H2,1-2H3,(H,19,20). The fraction of sp³-hybridized carbons (Fsp3) is 0.188. The Balaban J connectivity index is 2.15. The summed E-state index contributed by atoms with van der Waals surface area (Å²) in [6.07, 6.45) is 0.231. The Bertz CT molecular complexity index is 672. The summed E-state index contributed by atoms with van der Waals surface area (Å²) in [6, 6.07) is 10.4. The third-order valence-corrected chi connectivity index (χ3v) is 3.39. The molecule has 2 rings (SSSR count). The van der Waals surface area contributed by atoms with Gasteiger partial charge in [0.25, 0.3) is 0 Å². The van der Waals surface area contributed by atoms with Gasteiger partial charge in [-0.3, -0.25) is 4.79 Å². The molecular formula is C16H17ClN2O3. The number of methoxy groups -OCH3 is 2. The van der Waals surface area contributed by atoms with Gasteiger partial charge in [-0.15, -0.1) is 0 Å². The van der Waals surface area contributed by atoms with Gasteiger partial charge in [0.2, 0.25) is 5.91 Å². The molecule has 0 aliphatic heterocycles. The largest absolute Gasteiger partial charge is 0.495 e. The van der Waals surface area contributed by atoms with E-state index in [0.717, 1.165) is 5.56 Å². The van der Waals surface area contributed by atoms with Gasteiger partial charge in [0.1, 0.15) is 11.5 Å². The highest BCUT2D eigenvalue weighted by atomic mass is 35.5. The zero-order valence-electron chi connectivity index (χ0n) is 12.4. The summed E-state index contributed by atoms with van der Waals surface area (Å²) in [5.41, 5.74) is 7.65. The van der Waals surface area contributed by atoms with E-state index in [1.54, 1.807) is 24.3 Å². The van der Waals surface area contributed by atoms with Crippen LogP contribution in [0, 0.1) is 0 Å². The molecule has 0 aromatic heterocycles. The lowest BCUT2D eigenvalue weighted by Gasteiger charge is -2.13. The molecule has 0 bridgehead atoms. The van der Waals surface area contributed by atoms with Gasteiger partial charge >= 0.3 is 0 Å². The van der Waals surface area contributed by atoms with Gasteiger partial charge in [-0.2, -0.15) is 0 Å². The van der Waals surface area contributed by atoms with Gasteiger partial charge in [-0.1, -0.05) is 23.7 Å². The van der Waals surface area contributed by atoms with Crippen molar-refractivity contribution in [2.24, 2.45) is 0 Å². The number of benzene rings is 2. The van der Waals surface area contributed by atoms with Gasteiger partial charge in [-0.25, -0.2) is 0 Å². The molecule has 6 heteroatoms. The molecule has 0 radical (unpaired) electrons. The SMILES string of the molecule is COc1cc(NC(=O)Cc2ccc(N)cc2)c(OC)cc1Cl. The minimum atomic E-state index is -0.174. The first-order chi connectivity index (χ1) is 10.5. The Labute approximate surface area is 134 Å². The molecular weight excluding hydrogens is 304 g/mol. The molecule has 0 unspecified atom stereocenters. The van der Waals surface area contributed by atoms with Crippen molar-refractivity contribution in [1.29, 1.82) is 0 Å². The Kier molecular flexibility index (Phi) is 5.12. The predicted octanol–water partition coefficient (Wildman–Crippen LogP) is 3.12. The fourth-order valence-corrected chi connectivity index (χ4v) is 2.20. The first kappa shape index (κ1) is 16.0. The van der Waals surface area contributed by atoms with Crippen molar-refractivity contribution >= 4 is 28.9 Å². The lowest BCUT2D eigenvalue weighted by atomic mass is 10.1. The Hall–Kier alpha value is -2.40. The van der Waals surface area contributed by atoms with Crippen LogP contribution in [0.5, 0.6) is 11.5 Å². The van der Waals surface area contributed by atoms with Gasteiger partial charge in [0.15, 0.2) is 0 Å². The van der Waals surface area contributed by atoms with Gasteiger partial charge in [0.05, 0.1) is 31.4 Å². The van der Waals surface area contributed by atoms with Crippen molar-refractivity contribution < 1.29 is 14.3 Å². The van der Waals surface area contributed by atoms with Crippen LogP contribution in [-0.2, 0) is 11.2 Å². The fourth-order valence-electron chi connectivity index (χ4n) is 1.97. The summed E-state index contributed by atoms with van der Waals surface area (Å²) >= 11 is 6.03. The van der Waals surface area contributed by atoms with E-state index in [-0.39, 0.29) is 12.3 Å². The van der Waals surface area contributed by atoms with Crippen LogP contribution in [0.1, 0.15) is 5.56 Å². The maximum Gasteiger partial charge on any atom is 0.228 e. The highest BCUT2D eigenvalue weighted by Crippen LogP contribution is 2.35. The van der Waals surface area contributed by atoms with Crippen LogP contribution in [-0.4, -0.2) is 20.1 Å². The minimum Gasteiger partial charge on any atom is -0.495 e. The lowest BCUT2D eigenvalue weighted by Crippen LogP contribution is -2.15. The first-order valence-corrected chi connectivity index (χ1v) is 6.97. The monoisotopic (exact) mass is 320 g/mol. The second-order valence-electron chi connectivity index (χ2n) is 4.65. The number of ether oxygens (including phenoxy) is 2. The molecule has 0 heterocycles. The number of hydrogen-bond acceptors (Lipinski definition) is 4. The van der Waals surface area contributed by atoms with E-state index in [1.807, 2.05) is 12.1 Å². The summed E-state index contributed by atoms with van der Waals surface area (Å²) in [6.45, 7) is 0. The van der Waals surface area contributed by atoms with Gasteiger partial charge in [0, 0.05) is 17.8 Å². The zero-order valence-corrected chi connectivity index (χ0v) is 13.1. The van der Waals surface area contributed by atoms with E-state index in [9.17, 15) is 4.79 Å². The lowest BCUT2D eigenvalue weighted by molar-refractivity contribution is -0.115. The molecule has 116 valence electrons. The van der Waals surface area contributed by atoms with Crippen molar-refractivity contribution in [3.05, 3.63) is 47.0 Å². The number of carbonyl (C=O) groups is 1. The maximum atomic E-state index is 12.1. The molecule has 2 aromatic rings. The van der Waals surface area contributed by atoms with E-state index in [0.29, 0.717) is 27.9 Å². The highest BCUT2D eigenvalue weighted by molar-refractivity contribution is 6.32. The number of carbonyl (C=O) groups excluding carboxylic acids is 1. The third kappa shape index (κ3) is 3.83. The van der Waals surface area contributed by atoms with Crippen molar-refractivity contribution in [3.63, 3.8) is 0 Å². The Morgan fingerprint density at radius 2 is 1.77 bits per heavy atom. The van der Waals surface area contributed by atoms with Crippen LogP contribution in [0.25, 0.3) is 0 Å². The molecule has 0 fully saturated rings. The van der Waals surface area contributed by atoms with Crippen LogP contribution in [0.4, 0.5) is 11.4 Å². The van der Waals surface area contributed by atoms with Crippen LogP contribution in [0.3, 0.4) is 0 Å². The van der Waals surface area contributed by atoms with Crippen LogP contribution in [0.15, 0.2) is 36.4 Å². The minimum absolute atomic E-state index is 0.174. The molecule has 22 heavy (non-hydrogen) atoms. The van der Waals surface area contributed by atoms with Crippen molar-refractivity contribution in [3.8, 4) is 11.5 Å². The van der Waals surface area contributed by atoms with Crippen LogP contribution in [0.2, 0.25) is 5.02 Å². The molecule has 0 aliphatic carbocycles. The van der Waals surface area contributed by atoms with Crippen molar-refractivity contribution in [2.45, 2.75) is 6.42 Å². The predicted molar refractivity (Wildman–Crippen MR) is 87.7 cm³/mol. The summed E-state index contributed by atoms with van der Waals surface area (Å²) in [7, 11) is 3.02. The van der Waals surface area contributed by atoms with E-state index in [2.05, 4.69) is 5.32 Å². The molecule has 3 N–H and O–H groups in total. The topological polar surface area (TPSA) is 73.6 Å². The molecule has 0 spiro atoms. The first-order valence-electron chi connectivity index (χ1n) is 6.59. The molecule has 5 nitrogen and oxygen atoms in total. The second-order valence-corrected chi connectivity index (χ2v) is 5.06. The van der Waals surface area contributed by atoms with Crippen LogP contribution >= 0.6 is 11.6 Å². The van der Waals surface area contributed by atoms with Crippen molar-refractivity contribution in [2.75, 3.05) is 25.3 Å². The summed E-state index contributed by atoms with van der Waals surface area (Å²) in [5, 5.41) is 3.21. The number of anilines is 2. The number of halogens is 1. The van der Waals surface area contributed by atoms with E-state index >= 15 is 0 Å². The average Bonchev–Trinajstić information content (AvgIpc) is 2.50. The molecule has 0 atom stereocenters. The Morgan fingerprint density at radius 1 is 1.14 bits per heavy atom. The van der Waals surface area contributed by atoms with Crippen LogP contribution < -0.4 is 20.5 Å². The molecule has 0 saturated heterocycles. The third-order valence-electron chi connectivity index (χ3n) is 3.09. The second kappa shape index (κ2) is 7.04. The molecule has 0 saturated carbocycles. The summed E-state index contributed by atoms with van der Waals surface area (Å²) < 4.78 is 10.4. The number of nitrogens with one attached hydrogen (secondary N) is 1. The molecule has 2 aromatic carbocycles. The van der Waals surface area contributed by atoms with Gasteiger partial charge in [-0.05, 0) is 17.7 Å². The number of amides is 1. The molecule has 0 aliphatic rings.